The van der Waals surface area contributed by atoms with E-state index in [2.05, 4.69) is 6.58 Å². The Balaban J connectivity index is 3.10. The molecule has 0 aliphatic heterocycles. The molecule has 0 atom stereocenters. The molecule has 1 rings (SSSR count). The van der Waals surface area contributed by atoms with E-state index in [-0.39, 0.29) is 4.90 Å². The smallest absolute Gasteiger partial charge is 0.207 e. The second-order valence-electron chi connectivity index (χ2n) is 4.63. The fourth-order valence-corrected chi connectivity index (χ4v) is 3.65. The van der Waals surface area contributed by atoms with Gasteiger partial charge in [0.2, 0.25) is 10.0 Å². The van der Waals surface area contributed by atoms with Crippen molar-refractivity contribution in [1.82, 2.24) is 4.31 Å². The zero-order valence-corrected chi connectivity index (χ0v) is 12.4. The first-order valence-corrected chi connectivity index (χ1v) is 7.58. The molecule has 3 nitrogen and oxygen atoms in total. The van der Waals surface area contributed by atoms with E-state index in [9.17, 15) is 12.8 Å². The number of hydrogen-bond acceptors (Lipinski definition) is 2. The quantitative estimate of drug-likeness (QED) is 0.595. The molecule has 0 heterocycles. The summed E-state index contributed by atoms with van der Waals surface area (Å²) in [5, 5.41) is 0. The van der Waals surface area contributed by atoms with Gasteiger partial charge < -0.3 is 0 Å². The highest BCUT2D eigenvalue weighted by Gasteiger charge is 2.24. The molecule has 0 radical (unpaired) electrons. The molecule has 0 aromatic heterocycles. The molecule has 0 aliphatic carbocycles. The van der Waals surface area contributed by atoms with Gasteiger partial charge in [0, 0.05) is 13.6 Å². The number of sulfonamides is 1. The molecular weight excluding hydrogens is 265 g/mol. The zero-order valence-electron chi connectivity index (χ0n) is 11.6. The summed E-state index contributed by atoms with van der Waals surface area (Å²) in [6.07, 6.45) is 3.24. The highest BCUT2D eigenvalue weighted by Crippen LogP contribution is 2.24. The highest BCUT2D eigenvalue weighted by molar-refractivity contribution is 7.89. The number of rotatable bonds is 6. The number of aryl methyl sites for hydroxylation is 2. The van der Waals surface area contributed by atoms with Gasteiger partial charge in [-0.1, -0.05) is 6.08 Å². The normalized spacial score (nSPS) is 11.8. The van der Waals surface area contributed by atoms with Gasteiger partial charge in [-0.05, 0) is 49.9 Å². The summed E-state index contributed by atoms with van der Waals surface area (Å²) >= 11 is 0. The van der Waals surface area contributed by atoms with Crippen LogP contribution in [-0.4, -0.2) is 26.3 Å². The molecule has 0 aliphatic rings. The Morgan fingerprint density at radius 2 is 1.84 bits per heavy atom. The summed E-state index contributed by atoms with van der Waals surface area (Å²) in [5.41, 5.74) is 0.876. The van der Waals surface area contributed by atoms with Crippen LogP contribution in [0.25, 0.3) is 0 Å². The minimum absolute atomic E-state index is 0.204. The van der Waals surface area contributed by atoms with Gasteiger partial charge in [0.1, 0.15) is 5.82 Å². The summed E-state index contributed by atoms with van der Waals surface area (Å²) in [6, 6.07) is 2.49. The molecule has 0 spiro atoms. The molecule has 0 N–H and O–H groups in total. The van der Waals surface area contributed by atoms with Crippen LogP contribution < -0.4 is 0 Å². The van der Waals surface area contributed by atoms with Crippen LogP contribution in [0.5, 0.6) is 0 Å². The molecular formula is C14H20FNO2S. The molecule has 0 saturated carbocycles. The summed E-state index contributed by atoms with van der Waals surface area (Å²) in [4.78, 5) is 0.204. The van der Waals surface area contributed by atoms with Gasteiger partial charge in [0.25, 0.3) is 0 Å². The highest BCUT2D eigenvalue weighted by atomic mass is 32.2. The van der Waals surface area contributed by atoms with E-state index < -0.39 is 15.8 Å². The van der Waals surface area contributed by atoms with E-state index in [1.165, 1.54) is 16.4 Å². The Hall–Kier alpha value is -1.20. The Bertz CT molecular complexity index is 544. The van der Waals surface area contributed by atoms with Crippen molar-refractivity contribution in [3.8, 4) is 0 Å². The first-order valence-electron chi connectivity index (χ1n) is 6.14. The Morgan fingerprint density at radius 3 is 2.32 bits per heavy atom. The maximum atomic E-state index is 13.2. The molecule has 0 fully saturated rings. The largest absolute Gasteiger partial charge is 0.243 e. The number of unbranched alkanes of at least 4 members (excludes halogenated alkanes) is 1. The SMILES string of the molecule is C=CCCCN(C)S(=O)(=O)c1c(C)cc(F)cc1C. The summed E-state index contributed by atoms with van der Waals surface area (Å²) in [7, 11) is -2.02. The maximum absolute atomic E-state index is 13.2. The van der Waals surface area contributed by atoms with Crippen molar-refractivity contribution in [3.63, 3.8) is 0 Å². The molecule has 0 unspecified atom stereocenters. The fraction of sp³-hybridized carbons (Fsp3) is 0.429. The monoisotopic (exact) mass is 285 g/mol. The number of nitrogens with zero attached hydrogens (tertiary/aromatic N) is 1. The fourth-order valence-electron chi connectivity index (χ4n) is 2.04. The van der Waals surface area contributed by atoms with Crippen molar-refractivity contribution in [2.24, 2.45) is 0 Å². The first kappa shape index (κ1) is 15.9. The number of allylic oxidation sites excluding steroid dienone is 1. The van der Waals surface area contributed by atoms with Crippen LogP contribution in [0.3, 0.4) is 0 Å². The molecule has 106 valence electrons. The van der Waals surface area contributed by atoms with Crippen LogP contribution in [0.2, 0.25) is 0 Å². The van der Waals surface area contributed by atoms with Crippen LogP contribution in [-0.2, 0) is 10.0 Å². The molecule has 5 heteroatoms. The van der Waals surface area contributed by atoms with E-state index in [1.807, 2.05) is 0 Å². The molecule has 1 aromatic rings. The van der Waals surface area contributed by atoms with Gasteiger partial charge in [0.05, 0.1) is 4.90 Å². The molecule has 0 saturated heterocycles. The van der Waals surface area contributed by atoms with Crippen molar-refractivity contribution in [1.29, 1.82) is 0 Å². The average molecular weight is 285 g/mol. The molecule has 0 bridgehead atoms. The number of hydrogen-bond donors (Lipinski definition) is 0. The average Bonchev–Trinajstić information content (AvgIpc) is 2.27. The lowest BCUT2D eigenvalue weighted by Crippen LogP contribution is -2.29. The van der Waals surface area contributed by atoms with E-state index in [0.29, 0.717) is 17.7 Å². The second-order valence-corrected chi connectivity index (χ2v) is 6.61. The Kier molecular flexibility index (Phi) is 5.26. The maximum Gasteiger partial charge on any atom is 0.243 e. The van der Waals surface area contributed by atoms with Crippen molar-refractivity contribution >= 4 is 10.0 Å². The third-order valence-corrected chi connectivity index (χ3v) is 5.14. The lowest BCUT2D eigenvalue weighted by Gasteiger charge is -2.19. The van der Waals surface area contributed by atoms with Gasteiger partial charge in [-0.25, -0.2) is 17.1 Å². The van der Waals surface area contributed by atoms with Crippen LogP contribution in [0.1, 0.15) is 24.0 Å². The summed E-state index contributed by atoms with van der Waals surface area (Å²) < 4.78 is 39.4. The van der Waals surface area contributed by atoms with Gasteiger partial charge >= 0.3 is 0 Å². The lowest BCUT2D eigenvalue weighted by atomic mass is 10.1. The second kappa shape index (κ2) is 6.30. The minimum atomic E-state index is -3.57. The third kappa shape index (κ3) is 3.64. The molecule has 0 amide bonds. The van der Waals surface area contributed by atoms with Crippen LogP contribution >= 0.6 is 0 Å². The van der Waals surface area contributed by atoms with Crippen LogP contribution in [0.4, 0.5) is 4.39 Å². The topological polar surface area (TPSA) is 37.4 Å². The third-order valence-electron chi connectivity index (χ3n) is 2.97. The van der Waals surface area contributed by atoms with Crippen molar-refractivity contribution in [2.45, 2.75) is 31.6 Å². The van der Waals surface area contributed by atoms with Crippen molar-refractivity contribution < 1.29 is 12.8 Å². The van der Waals surface area contributed by atoms with Crippen molar-refractivity contribution in [2.75, 3.05) is 13.6 Å². The van der Waals surface area contributed by atoms with Crippen LogP contribution in [0, 0.1) is 19.7 Å². The molecule has 1 aromatic carbocycles. The summed E-state index contributed by atoms with van der Waals surface area (Å²) in [5.74, 6) is -0.414. The number of benzene rings is 1. The van der Waals surface area contributed by atoms with Gasteiger partial charge in [-0.15, -0.1) is 6.58 Å². The first-order chi connectivity index (χ1) is 8.80. The van der Waals surface area contributed by atoms with E-state index in [0.717, 1.165) is 12.8 Å². The van der Waals surface area contributed by atoms with Crippen molar-refractivity contribution in [3.05, 3.63) is 41.7 Å². The Morgan fingerprint density at radius 1 is 1.32 bits per heavy atom. The Labute approximate surface area is 114 Å². The van der Waals surface area contributed by atoms with E-state index in [4.69, 9.17) is 0 Å². The molecule has 19 heavy (non-hydrogen) atoms. The predicted octanol–water partition coefficient (Wildman–Crippen LogP) is 3.03. The van der Waals surface area contributed by atoms with E-state index >= 15 is 0 Å². The van der Waals surface area contributed by atoms with Crippen LogP contribution in [0.15, 0.2) is 29.7 Å². The lowest BCUT2D eigenvalue weighted by molar-refractivity contribution is 0.461. The number of halogens is 1. The standard InChI is InChI=1S/C14H20FNO2S/c1-5-6-7-8-16(4)19(17,18)14-11(2)9-13(15)10-12(14)3/h5,9-10H,1,6-8H2,2-4H3. The van der Waals surface area contributed by atoms with E-state index in [1.54, 1.807) is 27.0 Å². The van der Waals surface area contributed by atoms with Gasteiger partial charge in [-0.2, -0.15) is 0 Å². The zero-order chi connectivity index (χ0) is 14.6. The minimum Gasteiger partial charge on any atom is -0.207 e. The van der Waals surface area contributed by atoms with Gasteiger partial charge in [0.15, 0.2) is 0 Å². The predicted molar refractivity (Wildman–Crippen MR) is 75.1 cm³/mol. The van der Waals surface area contributed by atoms with Gasteiger partial charge in [-0.3, -0.25) is 0 Å². The summed E-state index contributed by atoms with van der Waals surface area (Å²) in [6.45, 7) is 7.25.